The largest absolute Gasteiger partial charge is 0.375 e. The molecule has 1 saturated carbocycles. The van der Waals surface area contributed by atoms with E-state index in [4.69, 9.17) is 4.74 Å². The van der Waals surface area contributed by atoms with Gasteiger partial charge in [0.25, 0.3) is 0 Å². The highest BCUT2D eigenvalue weighted by atomic mass is 16.5. The molecule has 0 bridgehead atoms. The Hall–Kier alpha value is -1.92. The highest BCUT2D eigenvalue weighted by Gasteiger charge is 2.34. The lowest BCUT2D eigenvalue weighted by Gasteiger charge is -2.43. The Kier molecular flexibility index (Phi) is 5.25. The van der Waals surface area contributed by atoms with Gasteiger partial charge in [-0.1, -0.05) is 31.0 Å². The van der Waals surface area contributed by atoms with E-state index < -0.39 is 6.03 Å². The van der Waals surface area contributed by atoms with Crippen LogP contribution in [0.3, 0.4) is 0 Å². The van der Waals surface area contributed by atoms with E-state index in [9.17, 15) is 9.59 Å². The maximum absolute atomic E-state index is 12.1. The van der Waals surface area contributed by atoms with Crippen LogP contribution in [0.15, 0.2) is 30.3 Å². The van der Waals surface area contributed by atoms with E-state index in [0.717, 1.165) is 19.4 Å². The van der Waals surface area contributed by atoms with Crippen molar-refractivity contribution in [2.45, 2.75) is 37.8 Å². The number of anilines is 1. The normalized spacial score (nSPS) is 24.5. The van der Waals surface area contributed by atoms with Crippen molar-refractivity contribution in [1.29, 1.82) is 0 Å². The molecule has 1 aliphatic carbocycles. The van der Waals surface area contributed by atoms with Gasteiger partial charge in [-0.2, -0.15) is 0 Å². The summed E-state index contributed by atoms with van der Waals surface area (Å²) < 4.78 is 5.80. The predicted octanol–water partition coefficient (Wildman–Crippen LogP) is 1.98. The van der Waals surface area contributed by atoms with E-state index >= 15 is 0 Å². The van der Waals surface area contributed by atoms with Gasteiger partial charge in [-0.3, -0.25) is 15.0 Å². The van der Waals surface area contributed by atoms with Crippen molar-refractivity contribution in [3.05, 3.63) is 30.3 Å². The van der Waals surface area contributed by atoms with Gasteiger partial charge < -0.3 is 10.1 Å². The van der Waals surface area contributed by atoms with E-state index in [2.05, 4.69) is 15.5 Å². The number of morpholine rings is 1. The fourth-order valence-electron chi connectivity index (χ4n) is 3.41. The summed E-state index contributed by atoms with van der Waals surface area (Å²) in [5, 5.41) is 5.05. The molecule has 2 atom stereocenters. The van der Waals surface area contributed by atoms with Crippen molar-refractivity contribution in [2.75, 3.05) is 25.0 Å². The number of rotatable bonds is 3. The maximum Gasteiger partial charge on any atom is 0.325 e. The number of amides is 3. The fourth-order valence-corrected chi connectivity index (χ4v) is 3.41. The van der Waals surface area contributed by atoms with Crippen LogP contribution < -0.4 is 10.6 Å². The molecule has 2 aliphatic rings. The molecule has 1 aliphatic heterocycles. The van der Waals surface area contributed by atoms with Gasteiger partial charge in [0.2, 0.25) is 5.91 Å². The van der Waals surface area contributed by atoms with Gasteiger partial charge in [-0.15, -0.1) is 0 Å². The van der Waals surface area contributed by atoms with Crippen LogP contribution in [0.25, 0.3) is 0 Å². The van der Waals surface area contributed by atoms with Crippen LogP contribution in [0.2, 0.25) is 0 Å². The molecule has 6 heteroatoms. The Labute approximate surface area is 136 Å². The second-order valence-corrected chi connectivity index (χ2v) is 6.10. The summed E-state index contributed by atoms with van der Waals surface area (Å²) in [5.41, 5.74) is 0.663. The van der Waals surface area contributed by atoms with E-state index in [1.807, 2.05) is 18.2 Å². The molecule has 2 N–H and O–H groups in total. The molecule has 0 radical (unpaired) electrons. The molecule has 0 unspecified atom stereocenters. The molecule has 1 aromatic carbocycles. The monoisotopic (exact) mass is 317 g/mol. The molecule has 0 aromatic heterocycles. The van der Waals surface area contributed by atoms with Crippen molar-refractivity contribution in [1.82, 2.24) is 10.2 Å². The first-order valence-electron chi connectivity index (χ1n) is 8.24. The first-order valence-corrected chi connectivity index (χ1v) is 8.24. The number of urea groups is 1. The zero-order chi connectivity index (χ0) is 16.1. The highest BCUT2D eigenvalue weighted by molar-refractivity contribution is 6.01. The number of para-hydroxylation sites is 1. The molecule has 1 heterocycles. The second-order valence-electron chi connectivity index (χ2n) is 6.10. The topological polar surface area (TPSA) is 70.7 Å². The van der Waals surface area contributed by atoms with Gasteiger partial charge in [-0.25, -0.2) is 4.79 Å². The minimum Gasteiger partial charge on any atom is -0.375 e. The quantitative estimate of drug-likeness (QED) is 0.894. The second kappa shape index (κ2) is 7.57. The Balaban J connectivity index is 1.49. The summed E-state index contributed by atoms with van der Waals surface area (Å²) >= 11 is 0. The molecule has 23 heavy (non-hydrogen) atoms. The molecule has 124 valence electrons. The third-order valence-electron chi connectivity index (χ3n) is 4.48. The lowest BCUT2D eigenvalue weighted by molar-refractivity contribution is -0.128. The van der Waals surface area contributed by atoms with Crippen molar-refractivity contribution in [3.63, 3.8) is 0 Å². The number of benzene rings is 1. The molecule has 1 saturated heterocycles. The highest BCUT2D eigenvalue weighted by Crippen LogP contribution is 2.28. The number of fused-ring (bicyclic) bond motifs is 1. The van der Waals surface area contributed by atoms with Crippen LogP contribution in [-0.4, -0.2) is 48.7 Å². The van der Waals surface area contributed by atoms with Crippen LogP contribution in [0.5, 0.6) is 0 Å². The Bertz CT molecular complexity index is 547. The van der Waals surface area contributed by atoms with E-state index in [1.54, 1.807) is 12.1 Å². The average Bonchev–Trinajstić information content (AvgIpc) is 2.56. The summed E-state index contributed by atoms with van der Waals surface area (Å²) in [4.78, 5) is 26.1. The molecule has 6 nitrogen and oxygen atoms in total. The van der Waals surface area contributed by atoms with E-state index in [1.165, 1.54) is 12.8 Å². The Morgan fingerprint density at radius 2 is 1.96 bits per heavy atom. The van der Waals surface area contributed by atoms with Gasteiger partial charge in [-0.05, 0) is 25.0 Å². The van der Waals surface area contributed by atoms with Gasteiger partial charge in [0.05, 0.1) is 19.3 Å². The van der Waals surface area contributed by atoms with Crippen LogP contribution in [0, 0.1) is 0 Å². The number of carbonyl (C=O) groups excluding carboxylic acids is 2. The predicted molar refractivity (Wildman–Crippen MR) is 87.2 cm³/mol. The van der Waals surface area contributed by atoms with Gasteiger partial charge >= 0.3 is 6.03 Å². The van der Waals surface area contributed by atoms with E-state index in [-0.39, 0.29) is 18.6 Å². The Morgan fingerprint density at radius 3 is 2.78 bits per heavy atom. The molecule has 3 rings (SSSR count). The fraction of sp³-hybridized carbons (Fsp3) is 0.529. The third kappa shape index (κ3) is 4.30. The number of imide groups is 1. The van der Waals surface area contributed by atoms with Crippen LogP contribution in [0.4, 0.5) is 10.5 Å². The van der Waals surface area contributed by atoms with Crippen LogP contribution in [-0.2, 0) is 9.53 Å². The summed E-state index contributed by atoms with van der Waals surface area (Å²) in [7, 11) is 0. The van der Waals surface area contributed by atoms with Crippen LogP contribution in [0.1, 0.15) is 25.7 Å². The minimum atomic E-state index is -0.491. The first kappa shape index (κ1) is 16.0. The molecule has 2 fully saturated rings. The van der Waals surface area contributed by atoms with Gasteiger partial charge in [0, 0.05) is 18.3 Å². The summed E-state index contributed by atoms with van der Waals surface area (Å²) in [6.45, 7) is 1.65. The zero-order valence-electron chi connectivity index (χ0n) is 13.2. The zero-order valence-corrected chi connectivity index (χ0v) is 13.2. The lowest BCUT2D eigenvalue weighted by Crippen LogP contribution is -2.55. The standard InChI is InChI=1S/C17H23N3O3/c21-16(19-17(22)18-13-6-2-1-3-7-13)12-20-10-11-23-15-9-5-4-8-14(15)20/h1-3,6-7,14-15H,4-5,8-12H2,(H2,18,19,21,22)/t14-,15+/m1/s1. The smallest absolute Gasteiger partial charge is 0.325 e. The van der Waals surface area contributed by atoms with Gasteiger partial charge in [0.15, 0.2) is 0 Å². The van der Waals surface area contributed by atoms with E-state index in [0.29, 0.717) is 18.3 Å². The molecule has 3 amide bonds. The summed E-state index contributed by atoms with van der Waals surface area (Å²) in [6.07, 6.45) is 4.74. The number of ether oxygens (including phenoxy) is 1. The maximum atomic E-state index is 12.1. The van der Waals surface area contributed by atoms with Gasteiger partial charge in [0.1, 0.15) is 0 Å². The Morgan fingerprint density at radius 1 is 1.17 bits per heavy atom. The third-order valence-corrected chi connectivity index (χ3v) is 4.48. The lowest BCUT2D eigenvalue weighted by atomic mass is 9.90. The molecule has 0 spiro atoms. The number of hydrogen-bond donors (Lipinski definition) is 2. The van der Waals surface area contributed by atoms with Crippen molar-refractivity contribution >= 4 is 17.6 Å². The number of nitrogens with zero attached hydrogens (tertiary/aromatic N) is 1. The molecular weight excluding hydrogens is 294 g/mol. The number of carbonyl (C=O) groups is 2. The first-order chi connectivity index (χ1) is 11.2. The van der Waals surface area contributed by atoms with Crippen molar-refractivity contribution in [2.24, 2.45) is 0 Å². The average molecular weight is 317 g/mol. The summed E-state index contributed by atoms with van der Waals surface area (Å²) in [6, 6.07) is 8.89. The molecule has 1 aromatic rings. The minimum absolute atomic E-state index is 0.239. The van der Waals surface area contributed by atoms with Crippen LogP contribution >= 0.6 is 0 Å². The molecular formula is C17H23N3O3. The number of nitrogens with one attached hydrogen (secondary N) is 2. The number of hydrogen-bond acceptors (Lipinski definition) is 4. The van der Waals surface area contributed by atoms with Crippen molar-refractivity contribution < 1.29 is 14.3 Å². The SMILES string of the molecule is O=C(CN1CCO[C@H]2CCCC[C@H]21)NC(=O)Nc1ccccc1. The van der Waals surface area contributed by atoms with Crippen molar-refractivity contribution in [3.8, 4) is 0 Å². The summed E-state index contributed by atoms with van der Waals surface area (Å²) in [5.74, 6) is -0.273.